The van der Waals surface area contributed by atoms with Gasteiger partial charge in [-0.2, -0.15) is 0 Å². The van der Waals surface area contributed by atoms with Crippen molar-refractivity contribution in [1.82, 2.24) is 5.32 Å². The van der Waals surface area contributed by atoms with Crippen LogP contribution in [0.3, 0.4) is 0 Å². The number of hydrogen-bond donors (Lipinski definition) is 1. The molecular formula is C13H26NO. The lowest BCUT2D eigenvalue weighted by molar-refractivity contribution is -0.123. The van der Waals surface area contributed by atoms with Crippen LogP contribution >= 0.6 is 0 Å². The molecule has 0 rings (SSSR count). The van der Waals surface area contributed by atoms with Crippen molar-refractivity contribution < 1.29 is 4.79 Å². The van der Waals surface area contributed by atoms with E-state index in [-0.39, 0.29) is 11.8 Å². The fraction of sp³-hybridized carbons (Fsp3) is 0.846. The van der Waals surface area contributed by atoms with Crippen molar-refractivity contribution in [1.29, 1.82) is 0 Å². The fourth-order valence-electron chi connectivity index (χ4n) is 1.49. The van der Waals surface area contributed by atoms with Gasteiger partial charge in [-0.1, -0.05) is 46.0 Å². The molecule has 0 spiro atoms. The van der Waals surface area contributed by atoms with E-state index in [2.05, 4.69) is 26.1 Å². The van der Waals surface area contributed by atoms with E-state index in [1.54, 1.807) is 0 Å². The van der Waals surface area contributed by atoms with Crippen LogP contribution in [0, 0.1) is 12.8 Å². The van der Waals surface area contributed by atoms with Crippen LogP contribution in [0.5, 0.6) is 0 Å². The third-order valence-corrected chi connectivity index (χ3v) is 2.61. The summed E-state index contributed by atoms with van der Waals surface area (Å²) in [4.78, 5) is 11.5. The average molecular weight is 212 g/mol. The quantitative estimate of drug-likeness (QED) is 0.584. The van der Waals surface area contributed by atoms with Crippen LogP contribution in [-0.4, -0.2) is 12.5 Å². The Morgan fingerprint density at radius 3 is 2.40 bits per heavy atom. The number of carbonyl (C=O) groups excluding carboxylic acids is 1. The molecule has 89 valence electrons. The molecule has 1 amide bonds. The van der Waals surface area contributed by atoms with E-state index in [1.807, 2.05) is 0 Å². The van der Waals surface area contributed by atoms with E-state index in [4.69, 9.17) is 0 Å². The average Bonchev–Trinajstić information content (AvgIpc) is 2.25. The van der Waals surface area contributed by atoms with Gasteiger partial charge in [-0.05, 0) is 19.8 Å². The van der Waals surface area contributed by atoms with Crippen LogP contribution in [0.4, 0.5) is 0 Å². The largest absolute Gasteiger partial charge is 0.356 e. The molecular weight excluding hydrogens is 186 g/mol. The maximum Gasteiger partial charge on any atom is 0.223 e. The lowest BCUT2D eigenvalue weighted by Crippen LogP contribution is -2.30. The second-order valence-electron chi connectivity index (χ2n) is 4.19. The molecule has 1 N–H and O–H groups in total. The summed E-state index contributed by atoms with van der Waals surface area (Å²) < 4.78 is 0. The molecule has 0 aromatic heterocycles. The first-order valence-corrected chi connectivity index (χ1v) is 6.33. The summed E-state index contributed by atoms with van der Waals surface area (Å²) >= 11 is 0. The van der Waals surface area contributed by atoms with Crippen LogP contribution < -0.4 is 5.32 Å². The number of amides is 1. The van der Waals surface area contributed by atoms with Crippen LogP contribution in [0.1, 0.15) is 58.8 Å². The van der Waals surface area contributed by atoms with Gasteiger partial charge < -0.3 is 5.32 Å². The Bertz CT molecular complexity index is 157. The fourth-order valence-corrected chi connectivity index (χ4v) is 1.49. The molecule has 1 unspecified atom stereocenters. The van der Waals surface area contributed by atoms with Gasteiger partial charge in [0.05, 0.1) is 0 Å². The second-order valence-corrected chi connectivity index (χ2v) is 4.19. The Labute approximate surface area is 94.8 Å². The van der Waals surface area contributed by atoms with Gasteiger partial charge in [0.15, 0.2) is 0 Å². The predicted octanol–water partition coefficient (Wildman–Crippen LogP) is 3.32. The van der Waals surface area contributed by atoms with Crippen LogP contribution in [0.2, 0.25) is 0 Å². The first-order chi connectivity index (χ1) is 7.22. The maximum absolute atomic E-state index is 11.5. The van der Waals surface area contributed by atoms with Crippen molar-refractivity contribution in [2.24, 2.45) is 5.92 Å². The van der Waals surface area contributed by atoms with E-state index in [1.165, 1.54) is 19.3 Å². The van der Waals surface area contributed by atoms with Crippen LogP contribution in [0.25, 0.3) is 0 Å². The molecule has 0 saturated heterocycles. The highest BCUT2D eigenvalue weighted by atomic mass is 16.1. The minimum Gasteiger partial charge on any atom is -0.356 e. The molecule has 2 nitrogen and oxygen atoms in total. The minimum absolute atomic E-state index is 0.0591. The Kier molecular flexibility index (Phi) is 9.65. The molecule has 0 saturated carbocycles. The van der Waals surface area contributed by atoms with Crippen molar-refractivity contribution in [3.8, 4) is 0 Å². The summed E-state index contributed by atoms with van der Waals surface area (Å²) in [6, 6.07) is 0. The number of carbonyl (C=O) groups is 1. The molecule has 0 bridgehead atoms. The minimum atomic E-state index is -0.0591. The molecule has 0 aromatic carbocycles. The number of nitrogens with one attached hydrogen (secondary N) is 1. The normalized spacial score (nSPS) is 12.5. The van der Waals surface area contributed by atoms with Crippen molar-refractivity contribution in [3.63, 3.8) is 0 Å². The summed E-state index contributed by atoms with van der Waals surface area (Å²) in [5.74, 6) is 0.0658. The van der Waals surface area contributed by atoms with E-state index in [9.17, 15) is 4.79 Å². The standard InChI is InChI=1S/C13H26NO/c1-4-6-8-9-11-14-13(15)12(3)10-7-5-2/h12H,3-11H2,1-2H3,(H,14,15). The zero-order valence-corrected chi connectivity index (χ0v) is 10.3. The Morgan fingerprint density at radius 2 is 1.80 bits per heavy atom. The SMILES string of the molecule is [CH2]C(CCCC)C(=O)NCCCCCC. The molecule has 0 aromatic rings. The van der Waals surface area contributed by atoms with Gasteiger partial charge in [-0.25, -0.2) is 0 Å². The predicted molar refractivity (Wildman–Crippen MR) is 65.5 cm³/mol. The first-order valence-electron chi connectivity index (χ1n) is 6.33. The molecule has 2 heteroatoms. The maximum atomic E-state index is 11.5. The van der Waals surface area contributed by atoms with Crippen LogP contribution in [0.15, 0.2) is 0 Å². The third kappa shape index (κ3) is 8.46. The highest BCUT2D eigenvalue weighted by Gasteiger charge is 2.10. The third-order valence-electron chi connectivity index (χ3n) is 2.61. The lowest BCUT2D eigenvalue weighted by Gasteiger charge is -2.11. The highest BCUT2D eigenvalue weighted by Crippen LogP contribution is 2.07. The molecule has 0 heterocycles. The van der Waals surface area contributed by atoms with Gasteiger partial charge >= 0.3 is 0 Å². The Balaban J connectivity index is 3.38. The smallest absolute Gasteiger partial charge is 0.223 e. The molecule has 0 aliphatic rings. The Hall–Kier alpha value is -0.530. The number of rotatable bonds is 9. The van der Waals surface area contributed by atoms with Crippen molar-refractivity contribution in [3.05, 3.63) is 6.92 Å². The molecule has 1 atom stereocenters. The van der Waals surface area contributed by atoms with Gasteiger partial charge in [0, 0.05) is 12.5 Å². The molecule has 1 radical (unpaired) electrons. The number of hydrogen-bond acceptors (Lipinski definition) is 1. The second kappa shape index (κ2) is 10.0. The zero-order valence-electron chi connectivity index (χ0n) is 10.3. The van der Waals surface area contributed by atoms with Crippen LogP contribution in [-0.2, 0) is 4.79 Å². The van der Waals surface area contributed by atoms with Gasteiger partial charge in [-0.3, -0.25) is 4.79 Å². The summed E-state index contributed by atoms with van der Waals surface area (Å²) in [6.45, 7) is 9.02. The summed E-state index contributed by atoms with van der Waals surface area (Å²) in [5, 5.41) is 2.95. The molecule has 0 fully saturated rings. The van der Waals surface area contributed by atoms with E-state index in [0.717, 1.165) is 32.2 Å². The van der Waals surface area contributed by atoms with Crippen molar-refractivity contribution in [2.45, 2.75) is 58.8 Å². The zero-order chi connectivity index (χ0) is 11.5. The van der Waals surface area contributed by atoms with Gasteiger partial charge in [0.25, 0.3) is 0 Å². The topological polar surface area (TPSA) is 29.1 Å². The van der Waals surface area contributed by atoms with Gasteiger partial charge in [-0.15, -0.1) is 0 Å². The van der Waals surface area contributed by atoms with E-state index >= 15 is 0 Å². The summed E-state index contributed by atoms with van der Waals surface area (Å²) in [5.41, 5.74) is 0. The van der Waals surface area contributed by atoms with E-state index in [0.29, 0.717) is 0 Å². The highest BCUT2D eigenvalue weighted by molar-refractivity contribution is 5.79. The van der Waals surface area contributed by atoms with Gasteiger partial charge in [0.2, 0.25) is 5.91 Å². The molecule has 0 aliphatic carbocycles. The lowest BCUT2D eigenvalue weighted by atomic mass is 10.0. The molecule has 0 aliphatic heterocycles. The summed E-state index contributed by atoms with van der Waals surface area (Å²) in [7, 11) is 0. The van der Waals surface area contributed by atoms with Gasteiger partial charge in [0.1, 0.15) is 0 Å². The number of unbranched alkanes of at least 4 members (excludes halogenated alkanes) is 4. The van der Waals surface area contributed by atoms with Crippen molar-refractivity contribution >= 4 is 5.91 Å². The summed E-state index contributed by atoms with van der Waals surface area (Å²) in [6.07, 6.45) is 7.96. The molecule has 15 heavy (non-hydrogen) atoms. The van der Waals surface area contributed by atoms with Crippen molar-refractivity contribution in [2.75, 3.05) is 6.54 Å². The van der Waals surface area contributed by atoms with E-state index < -0.39 is 0 Å². The Morgan fingerprint density at radius 1 is 1.13 bits per heavy atom. The first kappa shape index (κ1) is 14.5. The monoisotopic (exact) mass is 212 g/mol.